The molecule has 0 aliphatic rings. The van der Waals surface area contributed by atoms with Crippen LogP contribution in [0.3, 0.4) is 0 Å². The Bertz CT molecular complexity index is 3560. The first-order valence-electron chi connectivity index (χ1n) is 20.4. The van der Waals surface area contributed by atoms with E-state index in [0.717, 1.165) is 61.0 Å². The van der Waals surface area contributed by atoms with Gasteiger partial charge in [0, 0.05) is 55.8 Å². The van der Waals surface area contributed by atoms with Crippen LogP contribution in [0.4, 0.5) is 0 Å². The smallest absolute Gasteiger partial charge is 0.160 e. The van der Waals surface area contributed by atoms with E-state index in [1.807, 2.05) is 0 Å². The Balaban J connectivity index is 1.07. The Morgan fingerprint density at radius 2 is 0.967 bits per heavy atom. The third kappa shape index (κ3) is 5.46. The van der Waals surface area contributed by atoms with E-state index in [-0.39, 0.29) is 0 Å². The summed E-state index contributed by atoms with van der Waals surface area (Å²) in [6.07, 6.45) is 2.30. The van der Waals surface area contributed by atoms with Crippen molar-refractivity contribution in [2.75, 3.05) is 0 Å². The standard InChI is InChI=1S/C56H36N4/c1-4-15-38(16-5-1)50-36-59(42-19-6-2-7-20-42)54-47(50)33-32-46-49-35-41(31-34-52(49)60(55(46)54)43-21-8-3-9-22-43)56-57-51-26-13-12-24-48(51)53(58-56)40-29-27-39(28-30-40)45-25-14-18-37-17-10-11-23-44(37)45/h1-36H. The van der Waals surface area contributed by atoms with Crippen LogP contribution >= 0.6 is 0 Å². The molecule has 12 rings (SSSR count). The molecule has 0 aliphatic heterocycles. The molecule has 0 radical (unpaired) electrons. The van der Waals surface area contributed by atoms with Gasteiger partial charge in [0.2, 0.25) is 0 Å². The molecule has 0 spiro atoms. The fraction of sp³-hybridized carbons (Fsp3) is 0. The molecule has 4 heteroatoms. The van der Waals surface area contributed by atoms with Crippen LogP contribution in [0.25, 0.3) is 111 Å². The monoisotopic (exact) mass is 764 g/mol. The Kier molecular flexibility index (Phi) is 7.82. The number of para-hydroxylation sites is 3. The van der Waals surface area contributed by atoms with Crippen molar-refractivity contribution < 1.29 is 0 Å². The Labute approximate surface area is 346 Å². The van der Waals surface area contributed by atoms with E-state index in [9.17, 15) is 0 Å². The van der Waals surface area contributed by atoms with E-state index >= 15 is 0 Å². The van der Waals surface area contributed by atoms with Crippen LogP contribution in [0.15, 0.2) is 219 Å². The maximum Gasteiger partial charge on any atom is 0.160 e. The number of benzene rings is 9. The van der Waals surface area contributed by atoms with Gasteiger partial charge >= 0.3 is 0 Å². The normalized spacial score (nSPS) is 11.7. The number of fused-ring (bicyclic) bond motifs is 7. The molecule has 3 aromatic heterocycles. The van der Waals surface area contributed by atoms with Gasteiger partial charge in [-0.2, -0.15) is 0 Å². The minimum Gasteiger partial charge on any atom is -0.314 e. The summed E-state index contributed by atoms with van der Waals surface area (Å²) >= 11 is 0. The number of nitrogens with zero attached hydrogens (tertiary/aromatic N) is 4. The summed E-state index contributed by atoms with van der Waals surface area (Å²) in [6, 6.07) is 75.6. The number of hydrogen-bond donors (Lipinski definition) is 0. The zero-order valence-electron chi connectivity index (χ0n) is 32.6. The van der Waals surface area contributed by atoms with Crippen molar-refractivity contribution in [2.24, 2.45) is 0 Å². The molecule has 0 N–H and O–H groups in total. The predicted octanol–water partition coefficient (Wildman–Crippen LogP) is 14.5. The van der Waals surface area contributed by atoms with E-state index in [4.69, 9.17) is 9.97 Å². The van der Waals surface area contributed by atoms with E-state index in [1.54, 1.807) is 0 Å². The van der Waals surface area contributed by atoms with Gasteiger partial charge in [0.1, 0.15) is 0 Å². The zero-order valence-corrected chi connectivity index (χ0v) is 32.6. The predicted molar refractivity (Wildman–Crippen MR) is 250 cm³/mol. The molecule has 60 heavy (non-hydrogen) atoms. The quantitative estimate of drug-likeness (QED) is 0.169. The van der Waals surface area contributed by atoms with Gasteiger partial charge in [-0.1, -0.05) is 164 Å². The van der Waals surface area contributed by atoms with Gasteiger partial charge in [0.15, 0.2) is 5.82 Å². The maximum atomic E-state index is 5.36. The molecule has 4 nitrogen and oxygen atoms in total. The maximum absolute atomic E-state index is 5.36. The molecule has 280 valence electrons. The van der Waals surface area contributed by atoms with Gasteiger partial charge in [-0.3, -0.25) is 0 Å². The van der Waals surface area contributed by atoms with Gasteiger partial charge < -0.3 is 9.13 Å². The van der Waals surface area contributed by atoms with Gasteiger partial charge in [-0.05, 0) is 76.0 Å². The molecule has 12 aromatic rings. The zero-order chi connectivity index (χ0) is 39.6. The summed E-state index contributed by atoms with van der Waals surface area (Å²) in [5, 5.41) is 7.03. The highest BCUT2D eigenvalue weighted by Gasteiger charge is 2.22. The van der Waals surface area contributed by atoms with Crippen molar-refractivity contribution >= 4 is 54.4 Å². The van der Waals surface area contributed by atoms with Crippen molar-refractivity contribution in [3.63, 3.8) is 0 Å². The van der Waals surface area contributed by atoms with Gasteiger partial charge in [0.25, 0.3) is 0 Å². The van der Waals surface area contributed by atoms with E-state index < -0.39 is 0 Å². The van der Waals surface area contributed by atoms with E-state index in [0.29, 0.717) is 5.82 Å². The number of rotatable bonds is 6. The summed E-state index contributed by atoms with van der Waals surface area (Å²) in [4.78, 5) is 10.6. The summed E-state index contributed by atoms with van der Waals surface area (Å²) in [5.74, 6) is 0.699. The second-order valence-corrected chi connectivity index (χ2v) is 15.4. The molecule has 3 heterocycles. The summed E-state index contributed by atoms with van der Waals surface area (Å²) in [5.41, 5.74) is 14.3. The lowest BCUT2D eigenvalue weighted by Crippen LogP contribution is -1.98. The van der Waals surface area contributed by atoms with Crippen LogP contribution in [0, 0.1) is 0 Å². The molecular formula is C56H36N4. The second kappa shape index (κ2) is 13.8. The second-order valence-electron chi connectivity index (χ2n) is 15.4. The van der Waals surface area contributed by atoms with Crippen molar-refractivity contribution in [3.8, 4) is 56.3 Å². The lowest BCUT2D eigenvalue weighted by atomic mass is 9.96. The van der Waals surface area contributed by atoms with Crippen molar-refractivity contribution in [2.45, 2.75) is 0 Å². The Hall–Kier alpha value is -8.08. The molecule has 0 amide bonds. The summed E-state index contributed by atoms with van der Waals surface area (Å²) < 4.78 is 4.79. The fourth-order valence-electron chi connectivity index (χ4n) is 9.15. The van der Waals surface area contributed by atoms with Gasteiger partial charge in [0.05, 0.1) is 27.8 Å². The first kappa shape index (κ1) is 34.0. The van der Waals surface area contributed by atoms with Crippen LogP contribution in [-0.2, 0) is 0 Å². The van der Waals surface area contributed by atoms with E-state index in [2.05, 4.69) is 228 Å². The molecule has 0 aliphatic carbocycles. The highest BCUT2D eigenvalue weighted by Crippen LogP contribution is 2.43. The largest absolute Gasteiger partial charge is 0.314 e. The van der Waals surface area contributed by atoms with Crippen LogP contribution in [0.5, 0.6) is 0 Å². The van der Waals surface area contributed by atoms with Crippen LogP contribution < -0.4 is 0 Å². The minimum atomic E-state index is 0.699. The number of hydrogen-bond acceptors (Lipinski definition) is 2. The third-order valence-corrected chi connectivity index (χ3v) is 11.9. The molecule has 0 unspecified atom stereocenters. The Morgan fingerprint density at radius 1 is 0.350 bits per heavy atom. The van der Waals surface area contributed by atoms with Crippen LogP contribution in [0.1, 0.15) is 0 Å². The molecule has 9 aromatic carbocycles. The molecule has 0 saturated heterocycles. The SMILES string of the molecule is c1ccc(-c2cn(-c3ccccc3)c3c2ccc2c4cc(-c5nc(-c6ccc(-c7cccc8ccccc78)cc6)c6ccccc6n5)ccc4n(-c4ccccc4)c23)cc1. The topological polar surface area (TPSA) is 35.6 Å². The highest BCUT2D eigenvalue weighted by atomic mass is 15.0. The molecular weight excluding hydrogens is 729 g/mol. The summed E-state index contributed by atoms with van der Waals surface area (Å²) in [7, 11) is 0. The van der Waals surface area contributed by atoms with Crippen LogP contribution in [0.2, 0.25) is 0 Å². The first-order valence-corrected chi connectivity index (χ1v) is 20.4. The first-order chi connectivity index (χ1) is 29.8. The minimum absolute atomic E-state index is 0.699. The Morgan fingerprint density at radius 3 is 1.77 bits per heavy atom. The van der Waals surface area contributed by atoms with Crippen molar-refractivity contribution in [3.05, 3.63) is 219 Å². The van der Waals surface area contributed by atoms with E-state index in [1.165, 1.54) is 43.8 Å². The van der Waals surface area contributed by atoms with Gasteiger partial charge in [-0.15, -0.1) is 0 Å². The molecule has 0 saturated carbocycles. The fourth-order valence-corrected chi connectivity index (χ4v) is 9.15. The average molecular weight is 765 g/mol. The molecule has 0 bridgehead atoms. The highest BCUT2D eigenvalue weighted by molar-refractivity contribution is 6.21. The average Bonchev–Trinajstić information content (AvgIpc) is 3.88. The molecule has 0 atom stereocenters. The van der Waals surface area contributed by atoms with Crippen LogP contribution in [-0.4, -0.2) is 19.1 Å². The summed E-state index contributed by atoms with van der Waals surface area (Å²) in [6.45, 7) is 0. The van der Waals surface area contributed by atoms with Crippen molar-refractivity contribution in [1.82, 2.24) is 19.1 Å². The van der Waals surface area contributed by atoms with Crippen molar-refractivity contribution in [1.29, 1.82) is 0 Å². The molecule has 0 fully saturated rings. The van der Waals surface area contributed by atoms with Gasteiger partial charge in [-0.25, -0.2) is 9.97 Å². The lowest BCUT2D eigenvalue weighted by Gasteiger charge is -2.12. The number of aromatic nitrogens is 4. The third-order valence-electron chi connectivity index (χ3n) is 11.9. The lowest BCUT2D eigenvalue weighted by molar-refractivity contribution is 1.12.